The van der Waals surface area contributed by atoms with Gasteiger partial charge in [0.2, 0.25) is 0 Å². The first-order chi connectivity index (χ1) is 9.10. The molecule has 0 bridgehead atoms. The predicted octanol–water partition coefficient (Wildman–Crippen LogP) is 1.81. The Bertz CT molecular complexity index is 573. The number of ketones is 1. The Labute approximate surface area is 119 Å². The van der Waals surface area contributed by atoms with E-state index in [4.69, 9.17) is 4.74 Å². The topological polar surface area (TPSA) is 58.6 Å². The van der Waals surface area contributed by atoms with Crippen LogP contribution in [0.15, 0.2) is 16.6 Å². The molecule has 1 amide bonds. The Morgan fingerprint density at radius 3 is 2.89 bits per heavy atom. The number of benzene rings is 1. The van der Waals surface area contributed by atoms with E-state index in [0.717, 1.165) is 29.7 Å². The molecule has 1 fully saturated rings. The van der Waals surface area contributed by atoms with Crippen molar-refractivity contribution in [2.24, 2.45) is 0 Å². The summed E-state index contributed by atoms with van der Waals surface area (Å²) in [5, 5.41) is 2.60. The first-order valence-corrected chi connectivity index (χ1v) is 6.86. The number of Topliss-reactive ketones (excluding diaryl/α,β-unsaturated/α-hetero) is 1. The number of hydrogen-bond acceptors (Lipinski definition) is 4. The van der Waals surface area contributed by atoms with Crippen LogP contribution >= 0.6 is 15.9 Å². The third-order valence-corrected chi connectivity index (χ3v) is 4.24. The lowest BCUT2D eigenvalue weighted by Crippen LogP contribution is -2.22. The van der Waals surface area contributed by atoms with Crippen LogP contribution in [-0.4, -0.2) is 38.0 Å². The molecule has 1 aromatic rings. The number of anilines is 2. The summed E-state index contributed by atoms with van der Waals surface area (Å²) in [6.45, 7) is 1.72. The van der Waals surface area contributed by atoms with E-state index >= 15 is 0 Å². The van der Waals surface area contributed by atoms with Crippen molar-refractivity contribution in [2.75, 3.05) is 30.4 Å². The van der Waals surface area contributed by atoms with Gasteiger partial charge in [0.05, 0.1) is 23.0 Å². The van der Waals surface area contributed by atoms with Crippen LogP contribution in [0.3, 0.4) is 0 Å². The summed E-state index contributed by atoms with van der Waals surface area (Å²) in [6.07, 6.45) is 1.21. The van der Waals surface area contributed by atoms with Crippen LogP contribution in [0.5, 0.6) is 0 Å². The molecule has 1 atom stereocenters. The molecule has 0 aromatic heterocycles. The fourth-order valence-corrected chi connectivity index (χ4v) is 3.13. The van der Waals surface area contributed by atoms with Gasteiger partial charge in [-0.1, -0.05) is 0 Å². The Kier molecular flexibility index (Phi) is 3.06. The Morgan fingerprint density at radius 2 is 2.21 bits per heavy atom. The molecule has 100 valence electrons. The van der Waals surface area contributed by atoms with Gasteiger partial charge in [-0.2, -0.15) is 0 Å². The normalized spacial score (nSPS) is 21.8. The largest absolute Gasteiger partial charge is 0.380 e. The van der Waals surface area contributed by atoms with Crippen LogP contribution in [0.2, 0.25) is 0 Å². The zero-order valence-corrected chi connectivity index (χ0v) is 12.0. The standard InChI is InChI=1S/C13H13BrN2O3/c1-19-7-2-3-16(6-7)11-5-10-8(4-9(11)14)12(17)13(18)15-10/h4-5,7H,2-3,6H2,1H3,(H,15,17,18). The molecule has 2 aliphatic rings. The van der Waals surface area contributed by atoms with Crippen molar-refractivity contribution in [3.8, 4) is 0 Å². The second kappa shape index (κ2) is 4.61. The van der Waals surface area contributed by atoms with E-state index in [1.807, 2.05) is 6.07 Å². The smallest absolute Gasteiger partial charge is 0.296 e. The summed E-state index contributed by atoms with van der Waals surface area (Å²) in [7, 11) is 1.71. The molecular weight excluding hydrogens is 312 g/mol. The van der Waals surface area contributed by atoms with Gasteiger partial charge in [-0.15, -0.1) is 0 Å². The highest BCUT2D eigenvalue weighted by Gasteiger charge is 2.31. The zero-order valence-electron chi connectivity index (χ0n) is 10.4. The number of nitrogens with one attached hydrogen (secondary N) is 1. The molecule has 1 aromatic carbocycles. The second-order valence-corrected chi connectivity index (χ2v) is 5.58. The second-order valence-electron chi connectivity index (χ2n) is 4.72. The fraction of sp³-hybridized carbons (Fsp3) is 0.385. The molecule has 19 heavy (non-hydrogen) atoms. The molecule has 0 spiro atoms. The molecule has 0 saturated carbocycles. The van der Waals surface area contributed by atoms with Crippen LogP contribution in [0.4, 0.5) is 11.4 Å². The van der Waals surface area contributed by atoms with E-state index in [-0.39, 0.29) is 6.10 Å². The summed E-state index contributed by atoms with van der Waals surface area (Å²) < 4.78 is 6.18. The van der Waals surface area contributed by atoms with Gasteiger partial charge in [-0.3, -0.25) is 9.59 Å². The zero-order chi connectivity index (χ0) is 13.6. The molecule has 1 N–H and O–H groups in total. The lowest BCUT2D eigenvalue weighted by Gasteiger charge is -2.20. The molecule has 1 saturated heterocycles. The summed E-state index contributed by atoms with van der Waals surface area (Å²) in [5.74, 6) is -1.03. The monoisotopic (exact) mass is 324 g/mol. The van der Waals surface area contributed by atoms with E-state index in [9.17, 15) is 9.59 Å². The maximum absolute atomic E-state index is 11.6. The van der Waals surface area contributed by atoms with Crippen LogP contribution in [0, 0.1) is 0 Å². The minimum atomic E-state index is -0.560. The molecule has 0 radical (unpaired) electrons. The number of amides is 1. The quantitative estimate of drug-likeness (QED) is 0.843. The average molecular weight is 325 g/mol. The number of halogens is 1. The van der Waals surface area contributed by atoms with Gasteiger partial charge < -0.3 is 15.0 Å². The van der Waals surface area contributed by atoms with Crippen molar-refractivity contribution in [3.05, 3.63) is 22.2 Å². The SMILES string of the molecule is COC1CCN(c2cc3c(cc2Br)C(=O)C(=O)N3)C1. The summed E-state index contributed by atoms with van der Waals surface area (Å²) in [4.78, 5) is 25.2. The number of carbonyl (C=O) groups excluding carboxylic acids is 2. The predicted molar refractivity (Wildman–Crippen MR) is 74.7 cm³/mol. The molecule has 1 unspecified atom stereocenters. The third-order valence-electron chi connectivity index (χ3n) is 3.61. The van der Waals surface area contributed by atoms with E-state index in [1.54, 1.807) is 13.2 Å². The Hall–Kier alpha value is -1.40. The minimum absolute atomic E-state index is 0.233. The molecule has 3 rings (SSSR count). The minimum Gasteiger partial charge on any atom is -0.380 e. The van der Waals surface area contributed by atoms with Crippen LogP contribution in [-0.2, 0) is 9.53 Å². The van der Waals surface area contributed by atoms with E-state index < -0.39 is 11.7 Å². The fourth-order valence-electron chi connectivity index (χ4n) is 2.54. The number of rotatable bonds is 2. The molecule has 5 nitrogen and oxygen atoms in total. The lowest BCUT2D eigenvalue weighted by atomic mass is 10.1. The number of nitrogens with zero attached hydrogens (tertiary/aromatic N) is 1. The number of ether oxygens (including phenoxy) is 1. The van der Waals surface area contributed by atoms with Gasteiger partial charge >= 0.3 is 0 Å². The molecule has 0 aliphatic carbocycles. The van der Waals surface area contributed by atoms with Crippen molar-refractivity contribution >= 4 is 39.0 Å². The van der Waals surface area contributed by atoms with Crippen molar-refractivity contribution in [1.29, 1.82) is 0 Å². The van der Waals surface area contributed by atoms with Crippen molar-refractivity contribution < 1.29 is 14.3 Å². The number of hydrogen-bond donors (Lipinski definition) is 1. The highest BCUT2D eigenvalue weighted by Crippen LogP contribution is 2.36. The van der Waals surface area contributed by atoms with Crippen LogP contribution < -0.4 is 10.2 Å². The van der Waals surface area contributed by atoms with Crippen LogP contribution in [0.1, 0.15) is 16.8 Å². The van der Waals surface area contributed by atoms with Gasteiger partial charge in [0, 0.05) is 24.7 Å². The van der Waals surface area contributed by atoms with Gasteiger partial charge in [0.25, 0.3) is 11.7 Å². The summed E-state index contributed by atoms with van der Waals surface area (Å²) in [5.41, 5.74) is 2.01. The molecule has 6 heteroatoms. The maximum atomic E-state index is 11.6. The van der Waals surface area contributed by atoms with E-state index in [2.05, 4.69) is 26.1 Å². The maximum Gasteiger partial charge on any atom is 0.296 e. The summed E-state index contributed by atoms with van der Waals surface area (Å²) in [6, 6.07) is 3.56. The average Bonchev–Trinajstić information content (AvgIpc) is 2.96. The van der Waals surface area contributed by atoms with Gasteiger partial charge in [-0.25, -0.2) is 0 Å². The number of fused-ring (bicyclic) bond motifs is 1. The first-order valence-electron chi connectivity index (χ1n) is 6.07. The number of methoxy groups -OCH3 is 1. The molecule has 2 aliphatic heterocycles. The Balaban J connectivity index is 1.95. The molecular formula is C13H13BrN2O3. The van der Waals surface area contributed by atoms with E-state index in [0.29, 0.717) is 11.3 Å². The highest BCUT2D eigenvalue weighted by molar-refractivity contribution is 9.10. The molecule has 2 heterocycles. The highest BCUT2D eigenvalue weighted by atomic mass is 79.9. The lowest BCUT2D eigenvalue weighted by molar-refractivity contribution is -0.112. The Morgan fingerprint density at radius 1 is 1.42 bits per heavy atom. The number of carbonyl (C=O) groups is 2. The summed E-state index contributed by atoms with van der Waals surface area (Å²) >= 11 is 3.48. The van der Waals surface area contributed by atoms with Crippen molar-refractivity contribution in [1.82, 2.24) is 0 Å². The van der Waals surface area contributed by atoms with Gasteiger partial charge in [-0.05, 0) is 34.5 Å². The van der Waals surface area contributed by atoms with Crippen molar-refractivity contribution in [2.45, 2.75) is 12.5 Å². The van der Waals surface area contributed by atoms with Gasteiger partial charge in [0.1, 0.15) is 0 Å². The van der Waals surface area contributed by atoms with Crippen molar-refractivity contribution in [3.63, 3.8) is 0 Å². The third kappa shape index (κ3) is 2.04. The van der Waals surface area contributed by atoms with E-state index in [1.165, 1.54) is 0 Å². The first kappa shape index (κ1) is 12.6. The van der Waals surface area contributed by atoms with Crippen LogP contribution in [0.25, 0.3) is 0 Å². The van der Waals surface area contributed by atoms with Gasteiger partial charge in [0.15, 0.2) is 0 Å².